The van der Waals surface area contributed by atoms with Crippen molar-refractivity contribution in [3.8, 4) is 0 Å². The van der Waals surface area contributed by atoms with Crippen molar-refractivity contribution in [1.29, 1.82) is 0 Å². The van der Waals surface area contributed by atoms with Gasteiger partial charge in [-0.3, -0.25) is 0 Å². The number of imidazole rings is 1. The Morgan fingerprint density at radius 1 is 1.90 bits per heavy atom. The fourth-order valence-electron chi connectivity index (χ4n) is 0.974. The Morgan fingerprint density at radius 2 is 2.70 bits per heavy atom. The van der Waals surface area contributed by atoms with Gasteiger partial charge < -0.3 is 9.72 Å². The first-order valence-corrected chi connectivity index (χ1v) is 3.41. The molecule has 1 aromatic rings. The smallest absolute Gasteiger partial charge is 0.108 e. The molecule has 1 N–H and O–H groups in total. The number of ether oxygens (including phenoxy) is 1. The number of H-pyrrole nitrogens is 1. The van der Waals surface area contributed by atoms with Gasteiger partial charge in [0.1, 0.15) is 5.82 Å². The van der Waals surface area contributed by atoms with Crippen molar-refractivity contribution in [3.05, 3.63) is 18.2 Å². The van der Waals surface area contributed by atoms with Crippen LogP contribution in [0.5, 0.6) is 0 Å². The van der Waals surface area contributed by atoms with Crippen LogP contribution in [-0.2, 0) is 11.2 Å². The molecule has 3 nitrogen and oxygen atoms in total. The quantitative estimate of drug-likeness (QED) is 0.612. The van der Waals surface area contributed by atoms with Crippen LogP contribution in [0.15, 0.2) is 12.4 Å². The minimum Gasteiger partial charge on any atom is -0.369 e. The van der Waals surface area contributed by atoms with E-state index in [1.54, 1.807) is 6.20 Å². The molecule has 1 unspecified atom stereocenters. The van der Waals surface area contributed by atoms with Gasteiger partial charge in [0.25, 0.3) is 0 Å². The average Bonchev–Trinajstić information content (AvgIpc) is 2.47. The highest BCUT2D eigenvalue weighted by Crippen LogP contribution is 2.28. The largest absolute Gasteiger partial charge is 0.369 e. The van der Waals surface area contributed by atoms with E-state index in [1.807, 2.05) is 6.20 Å². The van der Waals surface area contributed by atoms with Crippen LogP contribution in [0.3, 0.4) is 0 Å². The van der Waals surface area contributed by atoms with E-state index in [2.05, 4.69) is 16.9 Å². The fourth-order valence-corrected chi connectivity index (χ4v) is 0.974. The second kappa shape index (κ2) is 1.83. The number of hydrogen-bond donors (Lipinski definition) is 1. The molecule has 2 rings (SSSR count). The van der Waals surface area contributed by atoms with Crippen LogP contribution in [-0.4, -0.2) is 22.2 Å². The summed E-state index contributed by atoms with van der Waals surface area (Å²) >= 11 is 0. The van der Waals surface area contributed by atoms with Gasteiger partial charge in [-0.25, -0.2) is 4.98 Å². The number of aromatic amines is 1. The van der Waals surface area contributed by atoms with Gasteiger partial charge in [-0.05, 0) is 6.92 Å². The SMILES string of the molecule is CC1(Cc2ncc[nH]2)CO1. The van der Waals surface area contributed by atoms with Gasteiger partial charge in [-0.2, -0.15) is 0 Å². The van der Waals surface area contributed by atoms with Crippen molar-refractivity contribution in [2.24, 2.45) is 0 Å². The number of hydrogen-bond acceptors (Lipinski definition) is 2. The molecule has 54 valence electrons. The lowest BCUT2D eigenvalue weighted by atomic mass is 10.1. The standard InChI is InChI=1S/C7H10N2O/c1-7(5-10-7)4-6-8-2-3-9-6/h2-3H,4-5H2,1H3,(H,8,9). The predicted molar refractivity (Wildman–Crippen MR) is 36.6 cm³/mol. The zero-order valence-corrected chi connectivity index (χ0v) is 5.92. The summed E-state index contributed by atoms with van der Waals surface area (Å²) in [4.78, 5) is 7.15. The van der Waals surface area contributed by atoms with E-state index in [4.69, 9.17) is 4.74 Å². The maximum Gasteiger partial charge on any atom is 0.108 e. The van der Waals surface area contributed by atoms with Crippen LogP contribution in [0.4, 0.5) is 0 Å². The number of epoxide rings is 1. The molecule has 1 aromatic heterocycles. The Bertz CT molecular complexity index is 214. The summed E-state index contributed by atoms with van der Waals surface area (Å²) < 4.78 is 5.21. The van der Waals surface area contributed by atoms with Crippen molar-refractivity contribution < 1.29 is 4.74 Å². The number of aromatic nitrogens is 2. The van der Waals surface area contributed by atoms with Crippen LogP contribution in [0.2, 0.25) is 0 Å². The van der Waals surface area contributed by atoms with Gasteiger partial charge in [0.05, 0.1) is 12.2 Å². The van der Waals surface area contributed by atoms with E-state index < -0.39 is 0 Å². The summed E-state index contributed by atoms with van der Waals surface area (Å²) in [6, 6.07) is 0. The molecule has 1 atom stereocenters. The van der Waals surface area contributed by atoms with E-state index in [9.17, 15) is 0 Å². The molecule has 0 aromatic carbocycles. The fraction of sp³-hybridized carbons (Fsp3) is 0.571. The van der Waals surface area contributed by atoms with Crippen LogP contribution < -0.4 is 0 Å². The van der Waals surface area contributed by atoms with Crippen molar-refractivity contribution in [3.63, 3.8) is 0 Å². The minimum atomic E-state index is 0.0812. The summed E-state index contributed by atoms with van der Waals surface area (Å²) in [6.45, 7) is 2.96. The first kappa shape index (κ1) is 5.92. The molecule has 0 radical (unpaired) electrons. The zero-order chi connectivity index (χ0) is 7.03. The zero-order valence-electron chi connectivity index (χ0n) is 5.92. The van der Waals surface area contributed by atoms with Crippen molar-refractivity contribution in [2.45, 2.75) is 18.9 Å². The second-order valence-corrected chi connectivity index (χ2v) is 2.95. The Balaban J connectivity index is 2.04. The Kier molecular flexibility index (Phi) is 1.08. The van der Waals surface area contributed by atoms with Gasteiger partial charge in [0.2, 0.25) is 0 Å². The molecular weight excluding hydrogens is 128 g/mol. The molecule has 10 heavy (non-hydrogen) atoms. The van der Waals surface area contributed by atoms with Crippen molar-refractivity contribution in [2.75, 3.05) is 6.61 Å². The number of rotatable bonds is 2. The lowest BCUT2D eigenvalue weighted by molar-refractivity contribution is 0.319. The molecule has 3 heteroatoms. The molecule has 1 fully saturated rings. The second-order valence-electron chi connectivity index (χ2n) is 2.95. The third-order valence-corrected chi connectivity index (χ3v) is 1.73. The lowest BCUT2D eigenvalue weighted by Gasteiger charge is -1.99. The van der Waals surface area contributed by atoms with Gasteiger partial charge >= 0.3 is 0 Å². The van der Waals surface area contributed by atoms with Gasteiger partial charge in [-0.1, -0.05) is 0 Å². The van der Waals surface area contributed by atoms with E-state index in [0.29, 0.717) is 0 Å². The van der Waals surface area contributed by atoms with Crippen LogP contribution in [0.1, 0.15) is 12.7 Å². The summed E-state index contributed by atoms with van der Waals surface area (Å²) in [5, 5.41) is 0. The minimum absolute atomic E-state index is 0.0812. The molecule has 1 aliphatic rings. The molecule has 0 amide bonds. The highest BCUT2D eigenvalue weighted by atomic mass is 16.6. The highest BCUT2D eigenvalue weighted by molar-refractivity contribution is 4.99. The first-order valence-electron chi connectivity index (χ1n) is 3.41. The molecule has 0 bridgehead atoms. The van der Waals surface area contributed by atoms with Crippen molar-refractivity contribution in [1.82, 2.24) is 9.97 Å². The molecule has 0 spiro atoms. The summed E-state index contributed by atoms with van der Waals surface area (Å²) in [5.41, 5.74) is 0.0812. The van der Waals surface area contributed by atoms with E-state index >= 15 is 0 Å². The van der Waals surface area contributed by atoms with Crippen LogP contribution in [0.25, 0.3) is 0 Å². The molecule has 1 saturated heterocycles. The average molecular weight is 138 g/mol. The molecular formula is C7H10N2O. The normalized spacial score (nSPS) is 30.5. The van der Waals surface area contributed by atoms with Gasteiger partial charge in [0, 0.05) is 18.8 Å². The molecule has 2 heterocycles. The lowest BCUT2D eigenvalue weighted by Crippen LogP contribution is -2.09. The number of nitrogens with zero attached hydrogens (tertiary/aromatic N) is 1. The Morgan fingerprint density at radius 3 is 3.20 bits per heavy atom. The predicted octanol–water partition coefficient (Wildman–Crippen LogP) is 0.741. The third-order valence-electron chi connectivity index (χ3n) is 1.73. The summed E-state index contributed by atoms with van der Waals surface area (Å²) in [5.74, 6) is 1.01. The highest BCUT2D eigenvalue weighted by Gasteiger charge is 2.39. The Hall–Kier alpha value is -0.830. The molecule has 1 aliphatic heterocycles. The third kappa shape index (κ3) is 1.04. The maximum atomic E-state index is 5.21. The van der Waals surface area contributed by atoms with Gasteiger partial charge in [0.15, 0.2) is 0 Å². The van der Waals surface area contributed by atoms with E-state index in [1.165, 1.54) is 0 Å². The number of nitrogens with one attached hydrogen (secondary N) is 1. The van der Waals surface area contributed by atoms with E-state index in [-0.39, 0.29) is 5.60 Å². The van der Waals surface area contributed by atoms with Crippen LogP contribution in [0, 0.1) is 0 Å². The summed E-state index contributed by atoms with van der Waals surface area (Å²) in [6.07, 6.45) is 4.50. The van der Waals surface area contributed by atoms with Crippen molar-refractivity contribution >= 4 is 0 Å². The first-order chi connectivity index (χ1) is 4.79. The molecule has 0 saturated carbocycles. The van der Waals surface area contributed by atoms with Gasteiger partial charge in [-0.15, -0.1) is 0 Å². The summed E-state index contributed by atoms with van der Waals surface area (Å²) in [7, 11) is 0. The molecule has 0 aliphatic carbocycles. The van der Waals surface area contributed by atoms with E-state index in [0.717, 1.165) is 18.9 Å². The topological polar surface area (TPSA) is 41.2 Å². The van der Waals surface area contributed by atoms with Crippen LogP contribution >= 0.6 is 0 Å². The maximum absolute atomic E-state index is 5.21. The Labute approximate surface area is 59.4 Å². The monoisotopic (exact) mass is 138 g/mol.